The molecule has 8 nitrogen and oxygen atoms in total. The van der Waals surface area contributed by atoms with Crippen LogP contribution in [0.1, 0.15) is 34.8 Å². The van der Waals surface area contributed by atoms with Crippen molar-refractivity contribution in [1.29, 1.82) is 0 Å². The minimum atomic E-state index is -0.776. The highest BCUT2D eigenvalue weighted by molar-refractivity contribution is 5.95. The zero-order valence-electron chi connectivity index (χ0n) is 14.7. The molecule has 140 valence electrons. The topological polar surface area (TPSA) is 111 Å². The average Bonchev–Trinajstić information content (AvgIpc) is 2.69. The Kier molecular flexibility index (Phi) is 5.35. The van der Waals surface area contributed by atoms with Gasteiger partial charge in [0.2, 0.25) is 5.91 Å². The highest BCUT2D eigenvalue weighted by Crippen LogP contribution is 2.29. The van der Waals surface area contributed by atoms with E-state index in [1.165, 1.54) is 19.2 Å². The van der Waals surface area contributed by atoms with Gasteiger partial charge in [0.15, 0.2) is 0 Å². The Labute approximate surface area is 155 Å². The Morgan fingerprint density at radius 1 is 1.26 bits per heavy atom. The largest absolute Gasteiger partial charge is 0.465 e. The lowest BCUT2D eigenvalue weighted by molar-refractivity contribution is -0.385. The summed E-state index contributed by atoms with van der Waals surface area (Å²) >= 11 is 0. The minimum Gasteiger partial charge on any atom is -0.465 e. The van der Waals surface area contributed by atoms with Crippen molar-refractivity contribution < 1.29 is 19.2 Å². The number of ether oxygens (including phenoxy) is 1. The molecule has 8 heteroatoms. The number of hydrogen-bond donors (Lipinski definition) is 2. The van der Waals surface area contributed by atoms with Crippen molar-refractivity contribution in [2.24, 2.45) is 0 Å². The van der Waals surface area contributed by atoms with E-state index in [0.29, 0.717) is 18.5 Å². The molecular formula is C19H19N3O5. The number of nitro groups is 1. The van der Waals surface area contributed by atoms with Crippen LogP contribution >= 0.6 is 0 Å². The second-order valence-electron chi connectivity index (χ2n) is 6.23. The molecule has 0 unspecified atom stereocenters. The molecule has 1 aliphatic heterocycles. The SMILES string of the molecule is COC(=O)c1cc(N[C@@H]2CCC(=O)N[C@H]2c2ccccc2)ccc1[N+](=O)[O-]. The molecule has 0 aliphatic carbocycles. The smallest absolute Gasteiger partial charge is 0.344 e. The number of carbonyl (C=O) groups is 2. The Morgan fingerprint density at radius 2 is 2.00 bits per heavy atom. The number of methoxy groups -OCH3 is 1. The number of nitrogens with one attached hydrogen (secondary N) is 2. The third-order valence-electron chi connectivity index (χ3n) is 4.51. The van der Waals surface area contributed by atoms with Crippen molar-refractivity contribution in [3.05, 3.63) is 69.8 Å². The Hall–Kier alpha value is -3.42. The number of esters is 1. The average molecular weight is 369 g/mol. The zero-order chi connectivity index (χ0) is 19.4. The van der Waals surface area contributed by atoms with Crippen LogP contribution in [0.4, 0.5) is 11.4 Å². The van der Waals surface area contributed by atoms with Gasteiger partial charge in [-0.15, -0.1) is 0 Å². The van der Waals surface area contributed by atoms with E-state index in [-0.39, 0.29) is 29.2 Å². The van der Waals surface area contributed by atoms with Crippen molar-refractivity contribution in [3.8, 4) is 0 Å². The van der Waals surface area contributed by atoms with E-state index in [0.717, 1.165) is 5.56 Å². The first-order valence-electron chi connectivity index (χ1n) is 8.47. The third kappa shape index (κ3) is 4.05. The van der Waals surface area contributed by atoms with Crippen molar-refractivity contribution in [1.82, 2.24) is 5.32 Å². The first-order chi connectivity index (χ1) is 13.0. The van der Waals surface area contributed by atoms with Crippen LogP contribution in [0.3, 0.4) is 0 Å². The molecule has 0 spiro atoms. The van der Waals surface area contributed by atoms with Crippen LogP contribution in [0.5, 0.6) is 0 Å². The van der Waals surface area contributed by atoms with E-state index < -0.39 is 10.9 Å². The Morgan fingerprint density at radius 3 is 2.67 bits per heavy atom. The van der Waals surface area contributed by atoms with Crippen LogP contribution in [0.15, 0.2) is 48.5 Å². The van der Waals surface area contributed by atoms with E-state index in [1.807, 2.05) is 30.3 Å². The molecule has 2 N–H and O–H groups in total. The molecular weight excluding hydrogens is 350 g/mol. The molecule has 2 aromatic carbocycles. The summed E-state index contributed by atoms with van der Waals surface area (Å²) in [7, 11) is 1.17. The van der Waals surface area contributed by atoms with Gasteiger partial charge in [0.05, 0.1) is 24.1 Å². The monoisotopic (exact) mass is 369 g/mol. The van der Waals surface area contributed by atoms with Gasteiger partial charge in [-0.2, -0.15) is 0 Å². The molecule has 0 radical (unpaired) electrons. The van der Waals surface area contributed by atoms with Gasteiger partial charge in [-0.25, -0.2) is 4.79 Å². The number of benzene rings is 2. The zero-order valence-corrected chi connectivity index (χ0v) is 14.7. The number of carbonyl (C=O) groups excluding carboxylic acids is 2. The van der Waals surface area contributed by atoms with E-state index >= 15 is 0 Å². The lowest BCUT2D eigenvalue weighted by atomic mass is 9.91. The number of hydrogen-bond acceptors (Lipinski definition) is 6. The van der Waals surface area contributed by atoms with Gasteiger partial charge >= 0.3 is 5.97 Å². The first-order valence-corrected chi connectivity index (χ1v) is 8.47. The fourth-order valence-electron chi connectivity index (χ4n) is 3.20. The van der Waals surface area contributed by atoms with Crippen molar-refractivity contribution in [2.45, 2.75) is 24.9 Å². The molecule has 2 atom stereocenters. The summed E-state index contributed by atoms with van der Waals surface area (Å²) in [6.07, 6.45) is 0.966. The Balaban J connectivity index is 1.89. The maximum Gasteiger partial charge on any atom is 0.344 e. The second-order valence-corrected chi connectivity index (χ2v) is 6.23. The summed E-state index contributed by atoms with van der Waals surface area (Å²) in [5.41, 5.74) is 1.06. The first kappa shape index (κ1) is 18.4. The van der Waals surface area contributed by atoms with Crippen LogP contribution < -0.4 is 10.6 Å². The highest BCUT2D eigenvalue weighted by Gasteiger charge is 2.30. The highest BCUT2D eigenvalue weighted by atomic mass is 16.6. The van der Waals surface area contributed by atoms with Crippen molar-refractivity contribution in [3.63, 3.8) is 0 Å². The summed E-state index contributed by atoms with van der Waals surface area (Å²) in [6.45, 7) is 0. The normalized spacial score (nSPS) is 19.1. The van der Waals surface area contributed by atoms with Crippen molar-refractivity contribution in [2.75, 3.05) is 12.4 Å². The van der Waals surface area contributed by atoms with Gasteiger partial charge in [0, 0.05) is 18.2 Å². The molecule has 1 heterocycles. The van der Waals surface area contributed by atoms with Crippen LogP contribution in [-0.4, -0.2) is 30.0 Å². The van der Waals surface area contributed by atoms with Gasteiger partial charge < -0.3 is 15.4 Å². The van der Waals surface area contributed by atoms with Gasteiger partial charge in [0.1, 0.15) is 5.56 Å². The fourth-order valence-corrected chi connectivity index (χ4v) is 3.20. The summed E-state index contributed by atoms with van der Waals surface area (Å²) in [4.78, 5) is 34.3. The minimum absolute atomic E-state index is 0.0270. The molecule has 1 saturated heterocycles. The molecule has 0 bridgehead atoms. The number of nitro benzene ring substituents is 1. The van der Waals surface area contributed by atoms with E-state index in [1.54, 1.807) is 6.07 Å². The van der Waals surface area contributed by atoms with E-state index in [4.69, 9.17) is 0 Å². The molecule has 27 heavy (non-hydrogen) atoms. The quantitative estimate of drug-likeness (QED) is 0.476. The number of rotatable bonds is 5. The van der Waals surface area contributed by atoms with Crippen LogP contribution in [0, 0.1) is 10.1 Å². The molecule has 0 aromatic heterocycles. The summed E-state index contributed by atoms with van der Waals surface area (Å²) in [6, 6.07) is 13.4. The van der Waals surface area contributed by atoms with Gasteiger partial charge in [-0.1, -0.05) is 30.3 Å². The van der Waals surface area contributed by atoms with Crippen LogP contribution in [0.25, 0.3) is 0 Å². The molecule has 1 aliphatic rings. The lowest BCUT2D eigenvalue weighted by Crippen LogP contribution is -2.45. The Bertz CT molecular complexity index is 869. The van der Waals surface area contributed by atoms with E-state index in [2.05, 4.69) is 15.4 Å². The molecule has 1 fully saturated rings. The summed E-state index contributed by atoms with van der Waals surface area (Å²) in [5, 5.41) is 17.4. The molecule has 3 rings (SSSR count). The fraction of sp³-hybridized carbons (Fsp3) is 0.263. The number of amides is 1. The van der Waals surface area contributed by atoms with Gasteiger partial charge in [0.25, 0.3) is 5.69 Å². The molecule has 0 saturated carbocycles. The third-order valence-corrected chi connectivity index (χ3v) is 4.51. The molecule has 1 amide bonds. The van der Waals surface area contributed by atoms with E-state index in [9.17, 15) is 19.7 Å². The predicted molar refractivity (Wildman–Crippen MR) is 98.4 cm³/mol. The van der Waals surface area contributed by atoms with Crippen molar-refractivity contribution >= 4 is 23.3 Å². The maximum absolute atomic E-state index is 11.9. The molecule has 2 aromatic rings. The summed E-state index contributed by atoms with van der Waals surface area (Å²) in [5.74, 6) is -0.803. The maximum atomic E-state index is 11.9. The number of piperidine rings is 1. The standard InChI is InChI=1S/C19H19N3O5/c1-27-19(24)14-11-13(7-9-16(14)22(25)26)20-15-8-10-17(23)21-18(15)12-5-3-2-4-6-12/h2-7,9,11,15,18,20H,8,10H2,1H3,(H,21,23)/t15-,18+/m1/s1. The lowest BCUT2D eigenvalue weighted by Gasteiger charge is -2.34. The van der Waals surface area contributed by atoms with Crippen LogP contribution in [-0.2, 0) is 9.53 Å². The predicted octanol–water partition coefficient (Wildman–Crippen LogP) is 2.81. The number of anilines is 1. The second kappa shape index (κ2) is 7.86. The number of nitrogens with zero attached hydrogens (tertiary/aromatic N) is 1. The summed E-state index contributed by atoms with van der Waals surface area (Å²) < 4.78 is 4.65. The van der Waals surface area contributed by atoms with Gasteiger partial charge in [-0.05, 0) is 24.1 Å². The van der Waals surface area contributed by atoms with Crippen LogP contribution in [0.2, 0.25) is 0 Å². The van der Waals surface area contributed by atoms with Gasteiger partial charge in [-0.3, -0.25) is 14.9 Å².